The van der Waals surface area contributed by atoms with Crippen molar-refractivity contribution in [2.45, 2.75) is 37.8 Å². The number of halogens is 1. The number of carboxylic acids is 1. The van der Waals surface area contributed by atoms with Crippen molar-refractivity contribution in [2.24, 2.45) is 0 Å². The Bertz CT molecular complexity index is 414. The molecule has 4 heteroatoms. The normalized spacial score (nSPS) is 18.7. The average Bonchev–Trinajstić information content (AvgIpc) is 3.10. The Kier molecular flexibility index (Phi) is 3.15. The van der Waals surface area contributed by atoms with E-state index in [9.17, 15) is 14.3 Å². The molecule has 1 atom stereocenters. The van der Waals surface area contributed by atoms with Gasteiger partial charge in [-0.1, -0.05) is 19.1 Å². The predicted molar refractivity (Wildman–Crippen MR) is 62.2 cm³/mol. The standard InChI is InChI=1S/C13H16FNO2/c1-2-13(12(16)17,15-11-7-8-11)9-3-5-10(14)6-4-9/h3-6,11,15H,2,7-8H2,1H3,(H,16,17). The second-order valence-electron chi connectivity index (χ2n) is 4.49. The molecule has 0 bridgehead atoms. The lowest BCUT2D eigenvalue weighted by Gasteiger charge is -2.30. The molecule has 0 spiro atoms. The van der Waals surface area contributed by atoms with Crippen molar-refractivity contribution >= 4 is 5.97 Å². The molecule has 0 heterocycles. The number of aliphatic carboxylic acids is 1. The van der Waals surface area contributed by atoms with Crippen LogP contribution >= 0.6 is 0 Å². The van der Waals surface area contributed by atoms with Crippen LogP contribution in [0.3, 0.4) is 0 Å². The summed E-state index contributed by atoms with van der Waals surface area (Å²) in [6, 6.07) is 5.97. The van der Waals surface area contributed by atoms with E-state index in [0.29, 0.717) is 12.0 Å². The summed E-state index contributed by atoms with van der Waals surface area (Å²) in [4.78, 5) is 11.5. The third-order valence-electron chi connectivity index (χ3n) is 3.26. The molecule has 0 saturated heterocycles. The van der Waals surface area contributed by atoms with Crippen LogP contribution in [0.4, 0.5) is 4.39 Å². The van der Waals surface area contributed by atoms with E-state index in [1.807, 2.05) is 6.92 Å². The van der Waals surface area contributed by atoms with E-state index in [2.05, 4.69) is 5.32 Å². The maximum absolute atomic E-state index is 12.9. The maximum atomic E-state index is 12.9. The van der Waals surface area contributed by atoms with Crippen molar-refractivity contribution in [3.63, 3.8) is 0 Å². The van der Waals surface area contributed by atoms with Crippen LogP contribution in [0.1, 0.15) is 31.7 Å². The van der Waals surface area contributed by atoms with E-state index < -0.39 is 11.5 Å². The molecular formula is C13H16FNO2. The minimum Gasteiger partial charge on any atom is -0.480 e. The van der Waals surface area contributed by atoms with Crippen molar-refractivity contribution in [1.82, 2.24) is 5.32 Å². The molecular weight excluding hydrogens is 221 g/mol. The van der Waals surface area contributed by atoms with Crippen molar-refractivity contribution in [2.75, 3.05) is 0 Å². The van der Waals surface area contributed by atoms with Crippen molar-refractivity contribution in [3.05, 3.63) is 35.6 Å². The highest BCUT2D eigenvalue weighted by Gasteiger charge is 2.42. The van der Waals surface area contributed by atoms with Gasteiger partial charge in [-0.2, -0.15) is 0 Å². The first-order valence-corrected chi connectivity index (χ1v) is 5.85. The van der Waals surface area contributed by atoms with Gasteiger partial charge < -0.3 is 5.11 Å². The summed E-state index contributed by atoms with van der Waals surface area (Å²) in [5.74, 6) is -1.26. The van der Waals surface area contributed by atoms with Gasteiger partial charge in [0.25, 0.3) is 0 Å². The van der Waals surface area contributed by atoms with E-state index in [0.717, 1.165) is 12.8 Å². The molecule has 17 heavy (non-hydrogen) atoms. The minimum absolute atomic E-state index is 0.274. The van der Waals surface area contributed by atoms with Gasteiger partial charge in [0.1, 0.15) is 11.4 Å². The average molecular weight is 237 g/mol. The summed E-state index contributed by atoms with van der Waals surface area (Å²) < 4.78 is 12.9. The summed E-state index contributed by atoms with van der Waals surface area (Å²) in [5.41, 5.74) is -0.477. The Morgan fingerprint density at radius 1 is 1.47 bits per heavy atom. The molecule has 1 aliphatic rings. The van der Waals surface area contributed by atoms with Gasteiger partial charge in [0.2, 0.25) is 0 Å². The summed E-state index contributed by atoms with van der Waals surface area (Å²) >= 11 is 0. The molecule has 1 saturated carbocycles. The smallest absolute Gasteiger partial charge is 0.328 e. The highest BCUT2D eigenvalue weighted by Crippen LogP contribution is 2.31. The zero-order valence-electron chi connectivity index (χ0n) is 9.74. The minimum atomic E-state index is -1.09. The molecule has 3 nitrogen and oxygen atoms in total. The molecule has 1 fully saturated rings. The lowest BCUT2D eigenvalue weighted by Crippen LogP contribution is -2.49. The van der Waals surface area contributed by atoms with E-state index >= 15 is 0 Å². The summed E-state index contributed by atoms with van der Waals surface area (Å²) in [6.07, 6.45) is 2.46. The molecule has 1 unspecified atom stereocenters. The van der Waals surface area contributed by atoms with Gasteiger partial charge in [0.15, 0.2) is 0 Å². The van der Waals surface area contributed by atoms with E-state index in [1.54, 1.807) is 12.1 Å². The summed E-state index contributed by atoms with van der Waals surface area (Å²) in [7, 11) is 0. The summed E-state index contributed by atoms with van der Waals surface area (Å²) in [6.45, 7) is 1.83. The number of carboxylic acid groups (broad SMARTS) is 1. The number of rotatable bonds is 5. The lowest BCUT2D eigenvalue weighted by molar-refractivity contribution is -0.145. The van der Waals surface area contributed by atoms with Gasteiger partial charge in [-0.05, 0) is 37.0 Å². The molecule has 0 radical (unpaired) electrons. The predicted octanol–water partition coefficient (Wildman–Crippen LogP) is 2.27. The molecule has 92 valence electrons. The van der Waals surface area contributed by atoms with E-state index in [1.165, 1.54) is 12.1 Å². The molecule has 1 aromatic rings. The van der Waals surface area contributed by atoms with Crippen molar-refractivity contribution in [3.8, 4) is 0 Å². The monoisotopic (exact) mass is 237 g/mol. The molecule has 2 rings (SSSR count). The van der Waals surface area contributed by atoms with Gasteiger partial charge in [-0.3, -0.25) is 5.32 Å². The Labute approximate surface area is 99.7 Å². The molecule has 0 aromatic heterocycles. The van der Waals surface area contributed by atoms with Crippen LogP contribution in [0, 0.1) is 5.82 Å². The number of hydrogen-bond donors (Lipinski definition) is 2. The number of hydrogen-bond acceptors (Lipinski definition) is 2. The fourth-order valence-corrected chi connectivity index (χ4v) is 2.04. The van der Waals surface area contributed by atoms with Crippen LogP contribution in [-0.2, 0) is 10.3 Å². The topological polar surface area (TPSA) is 49.3 Å². The van der Waals surface area contributed by atoms with Gasteiger partial charge >= 0.3 is 5.97 Å². The molecule has 1 aromatic carbocycles. The zero-order valence-corrected chi connectivity index (χ0v) is 9.74. The largest absolute Gasteiger partial charge is 0.480 e. The van der Waals surface area contributed by atoms with Crippen LogP contribution in [0.25, 0.3) is 0 Å². The molecule has 2 N–H and O–H groups in total. The fourth-order valence-electron chi connectivity index (χ4n) is 2.04. The number of benzene rings is 1. The molecule has 0 amide bonds. The maximum Gasteiger partial charge on any atom is 0.328 e. The first kappa shape index (κ1) is 12.0. The van der Waals surface area contributed by atoms with Crippen molar-refractivity contribution < 1.29 is 14.3 Å². The quantitative estimate of drug-likeness (QED) is 0.826. The Morgan fingerprint density at radius 3 is 2.47 bits per heavy atom. The van der Waals surface area contributed by atoms with Gasteiger partial charge in [-0.15, -0.1) is 0 Å². The molecule has 1 aliphatic carbocycles. The van der Waals surface area contributed by atoms with Crippen LogP contribution in [-0.4, -0.2) is 17.1 Å². The Balaban J connectivity index is 2.36. The van der Waals surface area contributed by atoms with Crippen LogP contribution in [0.2, 0.25) is 0 Å². The fraction of sp³-hybridized carbons (Fsp3) is 0.462. The number of carbonyl (C=O) groups is 1. The SMILES string of the molecule is CCC(NC1CC1)(C(=O)O)c1ccc(F)cc1. The Morgan fingerprint density at radius 2 is 2.06 bits per heavy atom. The van der Waals surface area contributed by atoms with Gasteiger partial charge in [0, 0.05) is 6.04 Å². The first-order chi connectivity index (χ1) is 8.08. The molecule has 0 aliphatic heterocycles. The first-order valence-electron chi connectivity index (χ1n) is 5.85. The van der Waals surface area contributed by atoms with E-state index in [-0.39, 0.29) is 11.9 Å². The van der Waals surface area contributed by atoms with Crippen molar-refractivity contribution in [1.29, 1.82) is 0 Å². The highest BCUT2D eigenvalue weighted by molar-refractivity contribution is 5.80. The number of nitrogens with one attached hydrogen (secondary N) is 1. The zero-order chi connectivity index (χ0) is 12.5. The van der Waals surface area contributed by atoms with Crippen LogP contribution in [0.5, 0.6) is 0 Å². The third-order valence-corrected chi connectivity index (χ3v) is 3.26. The lowest BCUT2D eigenvalue weighted by atomic mass is 9.87. The Hall–Kier alpha value is -1.42. The second-order valence-corrected chi connectivity index (χ2v) is 4.49. The van der Waals surface area contributed by atoms with Crippen LogP contribution in [0.15, 0.2) is 24.3 Å². The van der Waals surface area contributed by atoms with Gasteiger partial charge in [-0.25, -0.2) is 9.18 Å². The van der Waals surface area contributed by atoms with Crippen LogP contribution < -0.4 is 5.32 Å². The second kappa shape index (κ2) is 4.45. The summed E-state index contributed by atoms with van der Waals surface area (Å²) in [5, 5.41) is 12.6. The van der Waals surface area contributed by atoms with E-state index in [4.69, 9.17) is 0 Å². The highest BCUT2D eigenvalue weighted by atomic mass is 19.1. The van der Waals surface area contributed by atoms with Gasteiger partial charge in [0.05, 0.1) is 0 Å². The third kappa shape index (κ3) is 2.31.